The molecule has 0 radical (unpaired) electrons. The van der Waals surface area contributed by atoms with E-state index in [0.717, 1.165) is 18.5 Å². The van der Waals surface area contributed by atoms with Gasteiger partial charge in [-0.25, -0.2) is 9.97 Å². The van der Waals surface area contributed by atoms with Crippen LogP contribution in [0, 0.1) is 0 Å². The molecule has 2 heterocycles. The van der Waals surface area contributed by atoms with Gasteiger partial charge in [0.2, 0.25) is 0 Å². The van der Waals surface area contributed by atoms with Crippen LogP contribution in [0.2, 0.25) is 0 Å². The van der Waals surface area contributed by atoms with Crippen LogP contribution in [0.5, 0.6) is 0 Å². The predicted molar refractivity (Wildman–Crippen MR) is 71.8 cm³/mol. The molecule has 2 aromatic heterocycles. The van der Waals surface area contributed by atoms with Gasteiger partial charge in [0.1, 0.15) is 0 Å². The standard InChI is InChI=1S/C11H10N2S3/c1-15-10-8-7(5-16-10)3-2-6-4-12-11(14)13-9(6)8/h4-5H,2-3H2,1H3,(H,12,13,14). The molecule has 82 valence electrons. The fourth-order valence-electron chi connectivity index (χ4n) is 2.02. The molecule has 0 amide bonds. The summed E-state index contributed by atoms with van der Waals surface area (Å²) in [4.78, 5) is 8.64. The van der Waals surface area contributed by atoms with E-state index in [2.05, 4.69) is 34.2 Å². The molecule has 0 saturated carbocycles. The van der Waals surface area contributed by atoms with Crippen LogP contribution in [0.15, 0.2) is 20.9 Å². The fourth-order valence-corrected chi connectivity index (χ4v) is 3.97. The second kappa shape index (κ2) is 4.05. The Morgan fingerprint density at radius 1 is 1.38 bits per heavy atom. The molecular formula is C11H10N2S3. The molecule has 2 aromatic rings. The van der Waals surface area contributed by atoms with Gasteiger partial charge in [-0.15, -0.1) is 35.7 Å². The van der Waals surface area contributed by atoms with Crippen LogP contribution < -0.4 is 0 Å². The summed E-state index contributed by atoms with van der Waals surface area (Å²) in [7, 11) is 0. The molecule has 1 aliphatic carbocycles. The van der Waals surface area contributed by atoms with Gasteiger partial charge in [0.15, 0.2) is 5.16 Å². The summed E-state index contributed by atoms with van der Waals surface area (Å²) in [6.07, 6.45) is 6.17. The third kappa shape index (κ3) is 1.58. The molecule has 3 rings (SSSR count). The molecule has 0 unspecified atom stereocenters. The summed E-state index contributed by atoms with van der Waals surface area (Å²) in [5.74, 6) is 0. The summed E-state index contributed by atoms with van der Waals surface area (Å²) in [6.45, 7) is 0. The normalized spacial score (nSPS) is 13.4. The number of aryl methyl sites for hydroxylation is 2. The van der Waals surface area contributed by atoms with Crippen molar-refractivity contribution in [2.75, 3.05) is 6.26 Å². The van der Waals surface area contributed by atoms with Crippen LogP contribution in [0.25, 0.3) is 11.3 Å². The molecule has 0 aliphatic heterocycles. The van der Waals surface area contributed by atoms with E-state index >= 15 is 0 Å². The molecule has 0 N–H and O–H groups in total. The summed E-state index contributed by atoms with van der Waals surface area (Å²) >= 11 is 7.83. The predicted octanol–water partition coefficient (Wildman–Crippen LogP) is 3.31. The Labute approximate surface area is 108 Å². The van der Waals surface area contributed by atoms with Crippen molar-refractivity contribution >= 4 is 35.7 Å². The van der Waals surface area contributed by atoms with E-state index in [4.69, 9.17) is 0 Å². The van der Waals surface area contributed by atoms with E-state index in [1.807, 2.05) is 17.5 Å². The first-order chi connectivity index (χ1) is 7.79. The molecule has 16 heavy (non-hydrogen) atoms. The number of hydrogen-bond acceptors (Lipinski definition) is 5. The maximum absolute atomic E-state index is 4.48. The lowest BCUT2D eigenvalue weighted by Crippen LogP contribution is -2.05. The minimum Gasteiger partial charge on any atom is -0.231 e. The van der Waals surface area contributed by atoms with Crippen LogP contribution >= 0.6 is 35.7 Å². The van der Waals surface area contributed by atoms with Gasteiger partial charge in [-0.3, -0.25) is 0 Å². The van der Waals surface area contributed by atoms with Crippen LogP contribution in [0.1, 0.15) is 11.1 Å². The number of rotatable bonds is 1. The van der Waals surface area contributed by atoms with E-state index in [-0.39, 0.29) is 0 Å². The van der Waals surface area contributed by atoms with Gasteiger partial charge in [-0.05, 0) is 35.6 Å². The van der Waals surface area contributed by atoms with Gasteiger partial charge >= 0.3 is 0 Å². The number of thiophene rings is 1. The Morgan fingerprint density at radius 3 is 3.00 bits per heavy atom. The number of hydrogen-bond donors (Lipinski definition) is 1. The highest BCUT2D eigenvalue weighted by molar-refractivity contribution is 8.00. The number of aromatic nitrogens is 2. The Bertz CT molecular complexity index is 535. The summed E-state index contributed by atoms with van der Waals surface area (Å²) in [5, 5.41) is 2.81. The van der Waals surface area contributed by atoms with Gasteiger partial charge in [-0.2, -0.15) is 0 Å². The smallest absolute Gasteiger partial charge is 0.184 e. The molecular weight excluding hydrogens is 256 g/mol. The minimum absolute atomic E-state index is 0.560. The first-order valence-electron chi connectivity index (χ1n) is 4.99. The van der Waals surface area contributed by atoms with Crippen molar-refractivity contribution in [2.24, 2.45) is 0 Å². The average molecular weight is 266 g/mol. The number of thioether (sulfide) groups is 1. The molecule has 0 spiro atoms. The first-order valence-corrected chi connectivity index (χ1v) is 7.54. The van der Waals surface area contributed by atoms with Crippen molar-refractivity contribution in [3.63, 3.8) is 0 Å². The Morgan fingerprint density at radius 2 is 2.19 bits per heavy atom. The topological polar surface area (TPSA) is 25.8 Å². The first kappa shape index (κ1) is 10.6. The minimum atomic E-state index is 0.560. The van der Waals surface area contributed by atoms with Gasteiger partial charge in [0.05, 0.1) is 9.90 Å². The maximum atomic E-state index is 4.48. The molecule has 5 heteroatoms. The van der Waals surface area contributed by atoms with Gasteiger partial charge in [-0.1, -0.05) is 0 Å². The lowest BCUT2D eigenvalue weighted by molar-refractivity contribution is 0.871. The zero-order chi connectivity index (χ0) is 11.1. The van der Waals surface area contributed by atoms with Gasteiger partial charge in [0.25, 0.3) is 0 Å². The molecule has 0 atom stereocenters. The van der Waals surface area contributed by atoms with Crippen LogP contribution in [-0.2, 0) is 12.8 Å². The van der Waals surface area contributed by atoms with Gasteiger partial charge < -0.3 is 0 Å². The lowest BCUT2D eigenvalue weighted by Gasteiger charge is -2.16. The summed E-state index contributed by atoms with van der Waals surface area (Å²) in [5.41, 5.74) is 5.08. The van der Waals surface area contributed by atoms with E-state index in [1.54, 1.807) is 11.8 Å². The average Bonchev–Trinajstić information content (AvgIpc) is 2.72. The van der Waals surface area contributed by atoms with E-state index in [0.29, 0.717) is 5.16 Å². The zero-order valence-electron chi connectivity index (χ0n) is 8.73. The number of fused-ring (bicyclic) bond motifs is 3. The third-order valence-corrected chi connectivity index (χ3v) is 5.17. The molecule has 0 bridgehead atoms. The zero-order valence-corrected chi connectivity index (χ0v) is 11.3. The van der Waals surface area contributed by atoms with Gasteiger partial charge in [0, 0.05) is 11.8 Å². The Hall–Kier alpha value is -0.520. The van der Waals surface area contributed by atoms with Crippen molar-refractivity contribution in [1.82, 2.24) is 9.97 Å². The SMILES string of the molecule is CSc1scc2c1-c1nc(S)ncc1CC2. The quantitative estimate of drug-likeness (QED) is 0.487. The molecule has 2 nitrogen and oxygen atoms in total. The van der Waals surface area contributed by atoms with Crippen LogP contribution in [0.4, 0.5) is 0 Å². The number of nitrogens with zero attached hydrogens (tertiary/aromatic N) is 2. The highest BCUT2D eigenvalue weighted by Crippen LogP contribution is 2.42. The van der Waals surface area contributed by atoms with E-state index in [1.165, 1.54) is 20.9 Å². The van der Waals surface area contributed by atoms with Crippen molar-refractivity contribution in [3.05, 3.63) is 22.7 Å². The van der Waals surface area contributed by atoms with Crippen molar-refractivity contribution < 1.29 is 0 Å². The molecule has 0 saturated heterocycles. The number of thiol groups is 1. The van der Waals surface area contributed by atoms with Crippen molar-refractivity contribution in [3.8, 4) is 11.3 Å². The molecule has 1 aliphatic rings. The molecule has 0 aromatic carbocycles. The van der Waals surface area contributed by atoms with Crippen molar-refractivity contribution in [1.29, 1.82) is 0 Å². The highest BCUT2D eigenvalue weighted by atomic mass is 32.2. The van der Waals surface area contributed by atoms with Crippen LogP contribution in [-0.4, -0.2) is 16.2 Å². The second-order valence-electron chi connectivity index (χ2n) is 3.67. The van der Waals surface area contributed by atoms with E-state index < -0.39 is 0 Å². The summed E-state index contributed by atoms with van der Waals surface area (Å²) < 4.78 is 1.35. The lowest BCUT2D eigenvalue weighted by atomic mass is 9.93. The fraction of sp³-hybridized carbons (Fsp3) is 0.273. The van der Waals surface area contributed by atoms with Crippen LogP contribution in [0.3, 0.4) is 0 Å². The third-order valence-electron chi connectivity index (χ3n) is 2.77. The molecule has 0 fully saturated rings. The highest BCUT2D eigenvalue weighted by Gasteiger charge is 2.22. The Balaban J connectivity index is 2.27. The monoisotopic (exact) mass is 266 g/mol. The maximum Gasteiger partial charge on any atom is 0.184 e. The Kier molecular flexibility index (Phi) is 2.69. The second-order valence-corrected chi connectivity index (χ2v) is 6.03. The summed E-state index contributed by atoms with van der Waals surface area (Å²) in [6, 6.07) is 0. The largest absolute Gasteiger partial charge is 0.231 e. The van der Waals surface area contributed by atoms with E-state index in [9.17, 15) is 0 Å². The van der Waals surface area contributed by atoms with Crippen molar-refractivity contribution in [2.45, 2.75) is 22.2 Å².